The van der Waals surface area contributed by atoms with Gasteiger partial charge in [0, 0.05) is 0 Å². The van der Waals surface area contributed by atoms with Gasteiger partial charge in [0.05, 0.1) is 0 Å². The molecule has 0 amide bonds. The molecule has 0 aliphatic heterocycles. The van der Waals surface area contributed by atoms with Crippen LogP contribution in [0.5, 0.6) is 0 Å². The Hall–Kier alpha value is -8.58. The van der Waals surface area contributed by atoms with Crippen LogP contribution in [0.3, 0.4) is 0 Å². The van der Waals surface area contributed by atoms with Crippen molar-refractivity contribution in [3.8, 4) is 66.8 Å². The number of hydrogen-bond acceptors (Lipinski definition) is 0. The van der Waals surface area contributed by atoms with E-state index in [9.17, 15) is 0 Å². The second-order valence-corrected chi connectivity index (χ2v) is 32.2. The van der Waals surface area contributed by atoms with Crippen LogP contribution in [0, 0.1) is 0 Å². The molecule has 0 heteroatoms. The highest BCUT2D eigenvalue weighted by Gasteiger charge is 2.30. The van der Waals surface area contributed by atoms with Crippen molar-refractivity contribution in [1.82, 2.24) is 0 Å². The Labute approximate surface area is 537 Å². The zero-order chi connectivity index (χ0) is 63.8. The van der Waals surface area contributed by atoms with Crippen LogP contribution in [0.15, 0.2) is 218 Å². The molecular formula is C90H90. The number of fused-ring (bicyclic) bond motifs is 9. The fourth-order valence-corrected chi connectivity index (χ4v) is 14.2. The molecule has 90 heavy (non-hydrogen) atoms. The topological polar surface area (TPSA) is 0 Å². The van der Waals surface area contributed by atoms with Crippen LogP contribution in [0.4, 0.5) is 0 Å². The van der Waals surface area contributed by atoms with Crippen molar-refractivity contribution in [3.05, 3.63) is 252 Å². The molecule has 0 heterocycles. The lowest BCUT2D eigenvalue weighted by molar-refractivity contribution is 0.590. The molecule has 13 aromatic rings. The van der Waals surface area contributed by atoms with Crippen LogP contribution in [-0.2, 0) is 32.5 Å². The van der Waals surface area contributed by atoms with E-state index in [0.717, 1.165) is 0 Å². The average Bonchev–Trinajstić information content (AvgIpc) is 0.734. The van der Waals surface area contributed by atoms with Gasteiger partial charge in [-0.2, -0.15) is 0 Å². The van der Waals surface area contributed by atoms with Crippen molar-refractivity contribution >= 4 is 64.6 Å². The van der Waals surface area contributed by atoms with Crippen molar-refractivity contribution in [1.29, 1.82) is 0 Å². The maximum absolute atomic E-state index is 2.61. The third-order valence-electron chi connectivity index (χ3n) is 19.5. The zero-order valence-corrected chi connectivity index (χ0v) is 56.8. The molecule has 0 fully saturated rings. The molecule has 0 saturated heterocycles. The summed E-state index contributed by atoms with van der Waals surface area (Å²) >= 11 is 0. The van der Waals surface area contributed by atoms with Gasteiger partial charge in [-0.1, -0.05) is 288 Å². The summed E-state index contributed by atoms with van der Waals surface area (Å²) in [5, 5.41) is 15.2. The van der Waals surface area contributed by atoms with Crippen LogP contribution in [-0.4, -0.2) is 0 Å². The normalized spacial score (nSPS) is 13.0. The van der Waals surface area contributed by atoms with Gasteiger partial charge in [-0.3, -0.25) is 0 Å². The summed E-state index contributed by atoms with van der Waals surface area (Å²) in [5.41, 5.74) is 21.9. The van der Waals surface area contributed by atoms with Crippen molar-refractivity contribution in [3.63, 3.8) is 0 Å². The van der Waals surface area contributed by atoms with E-state index in [4.69, 9.17) is 0 Å². The Bertz CT molecular complexity index is 4470. The van der Waals surface area contributed by atoms with E-state index in [-0.39, 0.29) is 32.5 Å². The highest BCUT2D eigenvalue weighted by Crippen LogP contribution is 2.54. The molecule has 0 bridgehead atoms. The molecule has 13 rings (SSSR count). The molecule has 0 unspecified atom stereocenters. The first-order valence-corrected chi connectivity index (χ1v) is 32.9. The minimum absolute atomic E-state index is 0.0894. The number of hydrogen-bond donors (Lipinski definition) is 0. The van der Waals surface area contributed by atoms with Gasteiger partial charge in [-0.15, -0.1) is 0 Å². The predicted molar refractivity (Wildman–Crippen MR) is 396 cm³/mol. The largest absolute Gasteiger partial charge is 0.0622 e. The molecule has 0 N–H and O–H groups in total. The summed E-state index contributed by atoms with van der Waals surface area (Å²) in [4.78, 5) is 0. The molecule has 0 atom stereocenters. The molecule has 0 nitrogen and oxygen atoms in total. The van der Waals surface area contributed by atoms with Crippen LogP contribution in [0.1, 0.15) is 158 Å². The van der Waals surface area contributed by atoms with E-state index in [1.165, 1.54) is 165 Å². The van der Waals surface area contributed by atoms with Gasteiger partial charge in [0.25, 0.3) is 0 Å². The Morgan fingerprint density at radius 3 is 0.456 bits per heavy atom. The molecule has 0 spiro atoms. The Balaban J connectivity index is 1.35. The van der Waals surface area contributed by atoms with Gasteiger partial charge >= 0.3 is 0 Å². The van der Waals surface area contributed by atoms with E-state index < -0.39 is 0 Å². The summed E-state index contributed by atoms with van der Waals surface area (Å²) in [7, 11) is 0. The van der Waals surface area contributed by atoms with Gasteiger partial charge in [0.2, 0.25) is 0 Å². The number of rotatable bonds is 6. The minimum atomic E-state index is -0.118. The van der Waals surface area contributed by atoms with Crippen LogP contribution < -0.4 is 0 Å². The summed E-state index contributed by atoms with van der Waals surface area (Å²) in [5.74, 6) is 0. The lowest BCUT2D eigenvalue weighted by Crippen LogP contribution is -2.12. The van der Waals surface area contributed by atoms with E-state index in [1.54, 1.807) is 0 Å². The summed E-state index contributed by atoms with van der Waals surface area (Å²) < 4.78 is 0. The van der Waals surface area contributed by atoms with E-state index >= 15 is 0 Å². The fraction of sp³-hybridized carbons (Fsp3) is 0.267. The third-order valence-corrected chi connectivity index (χ3v) is 19.5. The molecule has 0 aromatic heterocycles. The van der Waals surface area contributed by atoms with Gasteiger partial charge < -0.3 is 0 Å². The van der Waals surface area contributed by atoms with Crippen molar-refractivity contribution in [2.75, 3.05) is 0 Å². The van der Waals surface area contributed by atoms with E-state index in [1.807, 2.05) is 0 Å². The average molecular weight is 1170 g/mol. The molecular weight excluding hydrogens is 1080 g/mol. The van der Waals surface area contributed by atoms with E-state index in [2.05, 4.69) is 343 Å². The second-order valence-electron chi connectivity index (χ2n) is 32.2. The lowest BCUT2D eigenvalue weighted by Gasteiger charge is -2.27. The maximum atomic E-state index is 2.61. The first-order chi connectivity index (χ1) is 42.4. The van der Waals surface area contributed by atoms with Crippen molar-refractivity contribution in [2.45, 2.75) is 157 Å². The second kappa shape index (κ2) is 21.6. The first-order valence-electron chi connectivity index (χ1n) is 32.9. The Morgan fingerprint density at radius 1 is 0.144 bits per heavy atom. The molecule has 450 valence electrons. The summed E-state index contributed by atoms with van der Waals surface area (Å²) in [6.45, 7) is 42.4. The summed E-state index contributed by atoms with van der Waals surface area (Å²) in [6, 6.07) is 86.0. The molecule has 0 aliphatic rings. The fourth-order valence-electron chi connectivity index (χ4n) is 14.2. The minimum Gasteiger partial charge on any atom is -0.0622 e. The highest BCUT2D eigenvalue weighted by atomic mass is 14.3. The zero-order valence-electron chi connectivity index (χ0n) is 56.8. The molecule has 0 saturated carbocycles. The van der Waals surface area contributed by atoms with Gasteiger partial charge in [0.15, 0.2) is 0 Å². The molecule has 0 aliphatic carbocycles. The summed E-state index contributed by atoms with van der Waals surface area (Å²) in [6.07, 6.45) is 0. The van der Waals surface area contributed by atoms with Gasteiger partial charge in [-0.05, 0) is 252 Å². The highest BCUT2D eigenvalue weighted by molar-refractivity contribution is 6.26. The smallest absolute Gasteiger partial charge is 0.00198 e. The first kappa shape index (κ1) is 60.3. The van der Waals surface area contributed by atoms with Crippen molar-refractivity contribution < 1.29 is 0 Å². The lowest BCUT2D eigenvalue weighted by atomic mass is 9.76. The quantitative estimate of drug-likeness (QED) is 0.146. The molecule has 13 aromatic carbocycles. The Morgan fingerprint density at radius 2 is 0.300 bits per heavy atom. The number of benzene rings is 13. The van der Waals surface area contributed by atoms with Crippen LogP contribution >= 0.6 is 0 Å². The Kier molecular flexibility index (Phi) is 14.4. The standard InChI is InChI=1S/C90H90/c1-85(2,3)61-34-40-67-70-43-37-64(88(10,11)12)52-76(70)82(79(73(67)49-61)55-28-22-19-23-29-55)58-46-59(83-77-53-65(89(13,14)15)38-44-71(77)68-41-35-62(86(4,5)6)50-74(68)80(83)56-30-24-20-25-31-56)48-60(47-58)84-78-54-66(90(16,17)18)39-45-72(78)69-42-36-63(87(7,8)9)51-75(69)81(84)57-32-26-21-27-33-57/h19-54H,1-18H3. The maximum Gasteiger partial charge on any atom is -0.00198 e. The predicted octanol–water partition coefficient (Wildman–Crippen LogP) is 26.4. The van der Waals surface area contributed by atoms with Crippen LogP contribution in [0.25, 0.3) is 131 Å². The van der Waals surface area contributed by atoms with Gasteiger partial charge in [-0.25, -0.2) is 0 Å². The SMILES string of the molecule is CC(C)(C)c1ccc2c(c1)c(-c1ccccc1)c(-c1cc(-c3c(-c4ccccc4)c4cc(C(C)(C)C)ccc4c4ccc(C(C)(C)C)cc34)cc(-c3c(-c4ccccc4)c4cc(C(C)(C)C)ccc4c4ccc(C(C)(C)C)cc34)c1)c1cc(C(C)(C)C)ccc12. The third kappa shape index (κ3) is 10.7. The van der Waals surface area contributed by atoms with E-state index in [0.29, 0.717) is 0 Å². The molecule has 0 radical (unpaired) electrons. The monoisotopic (exact) mass is 1170 g/mol. The van der Waals surface area contributed by atoms with Crippen molar-refractivity contribution in [2.24, 2.45) is 0 Å². The van der Waals surface area contributed by atoms with Gasteiger partial charge in [0.1, 0.15) is 0 Å². The van der Waals surface area contributed by atoms with Crippen LogP contribution in [0.2, 0.25) is 0 Å².